The summed E-state index contributed by atoms with van der Waals surface area (Å²) in [5.74, 6) is 0.567. The zero-order valence-corrected chi connectivity index (χ0v) is 13.9. The van der Waals surface area contributed by atoms with Crippen molar-refractivity contribution in [2.24, 2.45) is 14.1 Å². The smallest absolute Gasteiger partial charge is 0.328 e. The van der Waals surface area contributed by atoms with E-state index in [0.717, 1.165) is 16.6 Å². The maximum Gasteiger partial charge on any atom is 0.328 e. The third-order valence-electron chi connectivity index (χ3n) is 4.05. The van der Waals surface area contributed by atoms with Crippen molar-refractivity contribution in [1.29, 1.82) is 0 Å². The van der Waals surface area contributed by atoms with Gasteiger partial charge in [-0.1, -0.05) is 12.1 Å². The lowest BCUT2D eigenvalue weighted by Gasteiger charge is -2.07. The van der Waals surface area contributed by atoms with E-state index in [4.69, 9.17) is 4.74 Å². The van der Waals surface area contributed by atoms with Gasteiger partial charge in [-0.2, -0.15) is 0 Å². The number of carbonyl (C=O) groups excluding carboxylic acids is 1. The summed E-state index contributed by atoms with van der Waals surface area (Å²) in [7, 11) is 5.05. The van der Waals surface area contributed by atoms with Gasteiger partial charge in [0, 0.05) is 25.8 Å². The van der Waals surface area contributed by atoms with E-state index in [2.05, 4.69) is 5.32 Å². The predicted molar refractivity (Wildman–Crippen MR) is 93.5 cm³/mol. The molecule has 2 aromatic carbocycles. The number of benzene rings is 2. The number of fused-ring (bicyclic) bond motifs is 1. The normalized spacial score (nSPS) is 10.8. The largest absolute Gasteiger partial charge is 0.497 e. The SMILES string of the molecule is COc1cccc(NC(=O)Cc2ccc3c(c2)n(C)c(=O)n3C)c1. The van der Waals surface area contributed by atoms with Crippen molar-refractivity contribution in [3.63, 3.8) is 0 Å². The highest BCUT2D eigenvalue weighted by Crippen LogP contribution is 2.18. The number of aromatic nitrogens is 2. The van der Waals surface area contributed by atoms with Gasteiger partial charge in [0.15, 0.2) is 0 Å². The molecule has 0 spiro atoms. The van der Waals surface area contributed by atoms with Gasteiger partial charge in [-0.05, 0) is 29.8 Å². The fraction of sp³-hybridized carbons (Fsp3) is 0.222. The van der Waals surface area contributed by atoms with E-state index in [1.807, 2.05) is 36.4 Å². The van der Waals surface area contributed by atoms with Crippen LogP contribution in [0.25, 0.3) is 11.0 Å². The highest BCUT2D eigenvalue weighted by Gasteiger charge is 2.10. The Morgan fingerprint density at radius 3 is 2.58 bits per heavy atom. The van der Waals surface area contributed by atoms with Crippen LogP contribution in [0, 0.1) is 0 Å². The first-order valence-electron chi connectivity index (χ1n) is 7.58. The van der Waals surface area contributed by atoms with Crippen LogP contribution in [0.5, 0.6) is 5.75 Å². The fourth-order valence-corrected chi connectivity index (χ4v) is 2.75. The second-order valence-corrected chi connectivity index (χ2v) is 5.68. The highest BCUT2D eigenvalue weighted by atomic mass is 16.5. The van der Waals surface area contributed by atoms with Gasteiger partial charge in [0.25, 0.3) is 0 Å². The standard InChI is InChI=1S/C18H19N3O3/c1-20-15-8-7-12(9-16(15)21(2)18(20)23)10-17(22)19-13-5-4-6-14(11-13)24-3/h4-9,11H,10H2,1-3H3,(H,19,22). The van der Waals surface area contributed by atoms with Crippen molar-refractivity contribution in [3.8, 4) is 5.75 Å². The molecule has 0 radical (unpaired) electrons. The number of methoxy groups -OCH3 is 1. The molecular formula is C18H19N3O3. The van der Waals surface area contributed by atoms with Crippen molar-refractivity contribution < 1.29 is 9.53 Å². The lowest BCUT2D eigenvalue weighted by molar-refractivity contribution is -0.115. The Hall–Kier alpha value is -3.02. The minimum Gasteiger partial charge on any atom is -0.497 e. The summed E-state index contributed by atoms with van der Waals surface area (Å²) in [5, 5.41) is 2.85. The Labute approximate surface area is 139 Å². The summed E-state index contributed by atoms with van der Waals surface area (Å²) in [4.78, 5) is 24.2. The van der Waals surface area contributed by atoms with Crippen molar-refractivity contribution >= 4 is 22.6 Å². The summed E-state index contributed by atoms with van der Waals surface area (Å²) < 4.78 is 8.32. The minimum absolute atomic E-state index is 0.0806. The van der Waals surface area contributed by atoms with Crippen LogP contribution in [0.15, 0.2) is 47.3 Å². The lowest BCUT2D eigenvalue weighted by atomic mass is 10.1. The van der Waals surface area contributed by atoms with E-state index in [9.17, 15) is 9.59 Å². The molecule has 1 heterocycles. The van der Waals surface area contributed by atoms with Gasteiger partial charge in [0.2, 0.25) is 5.91 Å². The number of ether oxygens (including phenoxy) is 1. The molecule has 3 aromatic rings. The molecule has 6 heteroatoms. The van der Waals surface area contributed by atoms with Crippen LogP contribution in [-0.4, -0.2) is 22.2 Å². The predicted octanol–water partition coefficient (Wildman–Crippen LogP) is 2.07. The number of nitrogens with zero attached hydrogens (tertiary/aromatic N) is 2. The molecule has 24 heavy (non-hydrogen) atoms. The number of anilines is 1. The molecular weight excluding hydrogens is 306 g/mol. The summed E-state index contributed by atoms with van der Waals surface area (Å²) >= 11 is 0. The fourth-order valence-electron chi connectivity index (χ4n) is 2.75. The second-order valence-electron chi connectivity index (χ2n) is 5.68. The van der Waals surface area contributed by atoms with Crippen molar-refractivity contribution in [2.75, 3.05) is 12.4 Å². The molecule has 0 aliphatic carbocycles. The Balaban J connectivity index is 1.80. The molecule has 124 valence electrons. The summed E-state index contributed by atoms with van der Waals surface area (Å²) in [6.45, 7) is 0. The third-order valence-corrected chi connectivity index (χ3v) is 4.05. The van der Waals surface area contributed by atoms with Crippen LogP contribution < -0.4 is 15.7 Å². The number of carbonyl (C=O) groups is 1. The van der Waals surface area contributed by atoms with E-state index in [1.54, 1.807) is 36.4 Å². The first-order valence-corrected chi connectivity index (χ1v) is 7.58. The van der Waals surface area contributed by atoms with E-state index in [0.29, 0.717) is 11.4 Å². The topological polar surface area (TPSA) is 65.3 Å². The molecule has 1 amide bonds. The number of rotatable bonds is 4. The van der Waals surface area contributed by atoms with Gasteiger partial charge >= 0.3 is 5.69 Å². The number of hydrogen-bond acceptors (Lipinski definition) is 3. The van der Waals surface area contributed by atoms with Crippen LogP contribution in [0.3, 0.4) is 0 Å². The number of aryl methyl sites for hydroxylation is 2. The van der Waals surface area contributed by atoms with E-state index >= 15 is 0 Å². The minimum atomic E-state index is -0.122. The van der Waals surface area contributed by atoms with Crippen LogP contribution in [0.4, 0.5) is 5.69 Å². The van der Waals surface area contributed by atoms with Gasteiger partial charge in [-0.25, -0.2) is 4.79 Å². The van der Waals surface area contributed by atoms with E-state index < -0.39 is 0 Å². The molecule has 0 atom stereocenters. The molecule has 0 fully saturated rings. The summed E-state index contributed by atoms with van der Waals surface area (Å²) in [6, 6.07) is 12.8. The van der Waals surface area contributed by atoms with Crippen molar-refractivity contribution in [1.82, 2.24) is 9.13 Å². The van der Waals surface area contributed by atoms with Gasteiger partial charge in [0.1, 0.15) is 5.75 Å². The Morgan fingerprint density at radius 2 is 1.83 bits per heavy atom. The summed E-state index contributed by atoms with van der Waals surface area (Å²) in [5.41, 5.74) is 3.12. The van der Waals surface area contributed by atoms with Gasteiger partial charge in [-0.15, -0.1) is 0 Å². The highest BCUT2D eigenvalue weighted by molar-refractivity contribution is 5.93. The number of imidazole rings is 1. The molecule has 1 N–H and O–H groups in total. The van der Waals surface area contributed by atoms with Crippen LogP contribution in [-0.2, 0) is 25.3 Å². The first-order chi connectivity index (χ1) is 11.5. The maximum atomic E-state index is 12.2. The van der Waals surface area contributed by atoms with Crippen molar-refractivity contribution in [3.05, 3.63) is 58.5 Å². The molecule has 3 rings (SSSR count). The third kappa shape index (κ3) is 2.90. The molecule has 0 aliphatic heterocycles. The van der Waals surface area contributed by atoms with Gasteiger partial charge < -0.3 is 10.1 Å². The molecule has 0 unspecified atom stereocenters. The van der Waals surface area contributed by atoms with Gasteiger partial charge in [-0.3, -0.25) is 13.9 Å². The molecule has 1 aromatic heterocycles. The monoisotopic (exact) mass is 325 g/mol. The zero-order valence-electron chi connectivity index (χ0n) is 13.9. The van der Waals surface area contributed by atoms with E-state index in [1.165, 1.54) is 0 Å². The average Bonchev–Trinajstić information content (AvgIpc) is 2.79. The Kier molecular flexibility index (Phi) is 4.12. The van der Waals surface area contributed by atoms with Crippen molar-refractivity contribution in [2.45, 2.75) is 6.42 Å². The number of amides is 1. The van der Waals surface area contributed by atoms with E-state index in [-0.39, 0.29) is 18.0 Å². The first kappa shape index (κ1) is 15.9. The lowest BCUT2D eigenvalue weighted by Crippen LogP contribution is -2.19. The quantitative estimate of drug-likeness (QED) is 0.798. The van der Waals surface area contributed by atoms with Crippen LogP contribution >= 0.6 is 0 Å². The van der Waals surface area contributed by atoms with Crippen LogP contribution in [0.2, 0.25) is 0 Å². The second kappa shape index (κ2) is 6.23. The number of hydrogen-bond donors (Lipinski definition) is 1. The molecule has 6 nitrogen and oxygen atoms in total. The molecule has 0 saturated carbocycles. The summed E-state index contributed by atoms with van der Waals surface area (Å²) in [6.07, 6.45) is 0.232. The van der Waals surface area contributed by atoms with Gasteiger partial charge in [0.05, 0.1) is 24.6 Å². The number of nitrogens with one attached hydrogen (secondary N) is 1. The molecule has 0 aliphatic rings. The zero-order chi connectivity index (χ0) is 17.3. The average molecular weight is 325 g/mol. The molecule has 0 saturated heterocycles. The van der Waals surface area contributed by atoms with Crippen LogP contribution in [0.1, 0.15) is 5.56 Å². The Morgan fingerprint density at radius 1 is 1.08 bits per heavy atom. The Bertz CT molecular complexity index is 969. The maximum absolute atomic E-state index is 12.2. The molecule has 0 bridgehead atoms.